The molecular formula is C39H43N7O5. The van der Waals surface area contributed by atoms with Crippen LogP contribution in [0, 0.1) is 0 Å². The summed E-state index contributed by atoms with van der Waals surface area (Å²) >= 11 is 0. The molecule has 0 aliphatic carbocycles. The summed E-state index contributed by atoms with van der Waals surface area (Å²) < 4.78 is 17.4. The number of rotatable bonds is 11. The molecule has 0 atom stereocenters. The molecule has 5 aromatic rings. The first-order valence-electron chi connectivity index (χ1n) is 16.9. The summed E-state index contributed by atoms with van der Waals surface area (Å²) in [6.45, 7) is 10.4. The molecule has 1 aliphatic rings. The van der Waals surface area contributed by atoms with E-state index in [4.69, 9.17) is 14.2 Å². The Labute approximate surface area is 297 Å². The standard InChI is InChI=1S/C39H43N7O5/c1-39(2,3)26-24-30(36(47)40-18-19-46-20-22-50-23-21-46)35(49-4)32(25-26)44-38(48)43-31-14-15-33(29-13-9-8-12-28(29)31)51-34-16-17-41-37(45-34)42-27-10-6-5-7-11-27/h5-17,24-25H,18-23H2,1-4H3,(H,40,47)(H,41,42,45)(H2,43,44,48). The van der Waals surface area contributed by atoms with Crippen LogP contribution in [0.25, 0.3) is 10.8 Å². The molecule has 0 unspecified atom stereocenters. The number of fused-ring (bicyclic) bond motifs is 1. The van der Waals surface area contributed by atoms with E-state index in [0.29, 0.717) is 60.8 Å². The molecule has 0 radical (unpaired) electrons. The number of ether oxygens (including phenoxy) is 3. The lowest BCUT2D eigenvalue weighted by atomic mass is 9.85. The molecule has 264 valence electrons. The van der Waals surface area contributed by atoms with E-state index in [1.54, 1.807) is 24.4 Å². The van der Waals surface area contributed by atoms with Gasteiger partial charge in [0, 0.05) is 54.9 Å². The van der Waals surface area contributed by atoms with Crippen molar-refractivity contribution in [1.29, 1.82) is 0 Å². The number of para-hydroxylation sites is 1. The van der Waals surface area contributed by atoms with Crippen LogP contribution in [-0.4, -0.2) is 73.3 Å². The topological polar surface area (TPSA) is 139 Å². The first kappa shape index (κ1) is 35.1. The molecule has 1 saturated heterocycles. The van der Waals surface area contributed by atoms with E-state index in [2.05, 4.69) is 56.9 Å². The van der Waals surface area contributed by atoms with Gasteiger partial charge in [0.2, 0.25) is 11.8 Å². The quantitative estimate of drug-likeness (QED) is 0.114. The summed E-state index contributed by atoms with van der Waals surface area (Å²) in [6, 6.07) is 25.7. The molecule has 4 N–H and O–H groups in total. The number of aromatic nitrogens is 2. The van der Waals surface area contributed by atoms with Gasteiger partial charge in [-0.15, -0.1) is 0 Å². The highest BCUT2D eigenvalue weighted by atomic mass is 16.5. The number of nitrogens with zero attached hydrogens (tertiary/aromatic N) is 3. The molecule has 0 spiro atoms. The molecule has 0 bridgehead atoms. The first-order chi connectivity index (χ1) is 24.7. The summed E-state index contributed by atoms with van der Waals surface area (Å²) in [7, 11) is 1.49. The van der Waals surface area contributed by atoms with Crippen LogP contribution in [0.3, 0.4) is 0 Å². The zero-order valence-electron chi connectivity index (χ0n) is 29.3. The maximum Gasteiger partial charge on any atom is 0.323 e. The smallest absolute Gasteiger partial charge is 0.323 e. The second-order valence-electron chi connectivity index (χ2n) is 13.1. The number of benzene rings is 4. The van der Waals surface area contributed by atoms with Gasteiger partial charge in [0.15, 0.2) is 5.75 Å². The van der Waals surface area contributed by atoms with Gasteiger partial charge in [-0.2, -0.15) is 4.98 Å². The number of nitrogens with one attached hydrogen (secondary N) is 4. The number of urea groups is 1. The summed E-state index contributed by atoms with van der Waals surface area (Å²) in [4.78, 5) is 38.2. The Balaban J connectivity index is 1.20. The van der Waals surface area contributed by atoms with Gasteiger partial charge in [-0.3, -0.25) is 9.69 Å². The van der Waals surface area contributed by atoms with Gasteiger partial charge in [0.1, 0.15) is 5.75 Å². The van der Waals surface area contributed by atoms with Crippen molar-refractivity contribution < 1.29 is 23.8 Å². The number of carbonyl (C=O) groups is 2. The number of morpholine rings is 1. The number of carbonyl (C=O) groups excluding carboxylic acids is 2. The first-order valence-corrected chi connectivity index (χ1v) is 16.9. The molecule has 12 heteroatoms. The van der Waals surface area contributed by atoms with E-state index < -0.39 is 6.03 Å². The average molecular weight is 690 g/mol. The Morgan fingerprint density at radius 1 is 0.882 bits per heavy atom. The molecule has 2 heterocycles. The molecule has 1 fully saturated rings. The highest BCUT2D eigenvalue weighted by Gasteiger charge is 2.24. The average Bonchev–Trinajstić information content (AvgIpc) is 3.13. The highest BCUT2D eigenvalue weighted by molar-refractivity contribution is 6.09. The number of amides is 3. The SMILES string of the molecule is COc1c(NC(=O)Nc2ccc(Oc3ccnc(Nc4ccccc4)n3)c3ccccc23)cc(C(C)(C)C)cc1C(=O)NCCN1CCOCC1. The van der Waals surface area contributed by atoms with Gasteiger partial charge in [0.05, 0.1) is 37.3 Å². The third-order valence-electron chi connectivity index (χ3n) is 8.48. The monoisotopic (exact) mass is 689 g/mol. The zero-order chi connectivity index (χ0) is 35.8. The van der Waals surface area contributed by atoms with Crippen LogP contribution >= 0.6 is 0 Å². The molecule has 3 amide bonds. The van der Waals surface area contributed by atoms with Crippen molar-refractivity contribution in [1.82, 2.24) is 20.2 Å². The predicted octanol–water partition coefficient (Wildman–Crippen LogP) is 7.18. The second kappa shape index (κ2) is 15.9. The minimum atomic E-state index is -0.496. The van der Waals surface area contributed by atoms with Crippen molar-refractivity contribution in [2.24, 2.45) is 0 Å². The van der Waals surface area contributed by atoms with E-state index in [-0.39, 0.29) is 17.1 Å². The number of hydrogen-bond acceptors (Lipinski definition) is 9. The van der Waals surface area contributed by atoms with Crippen LogP contribution in [0.15, 0.2) is 91.1 Å². The largest absolute Gasteiger partial charge is 0.494 e. The Bertz CT molecular complexity index is 1990. The van der Waals surface area contributed by atoms with Crippen LogP contribution in [0.5, 0.6) is 17.4 Å². The van der Waals surface area contributed by atoms with Crippen molar-refractivity contribution in [3.05, 3.63) is 102 Å². The zero-order valence-corrected chi connectivity index (χ0v) is 29.3. The minimum absolute atomic E-state index is 0.275. The molecule has 0 saturated carbocycles. The third kappa shape index (κ3) is 8.91. The van der Waals surface area contributed by atoms with Crippen LogP contribution in [0.2, 0.25) is 0 Å². The number of methoxy groups -OCH3 is 1. The molecule has 51 heavy (non-hydrogen) atoms. The lowest BCUT2D eigenvalue weighted by molar-refractivity contribution is 0.0383. The number of anilines is 4. The van der Waals surface area contributed by atoms with Crippen molar-refractivity contribution >= 4 is 45.7 Å². The maximum atomic E-state index is 13.6. The second-order valence-corrected chi connectivity index (χ2v) is 13.1. The fourth-order valence-electron chi connectivity index (χ4n) is 5.76. The molecule has 1 aliphatic heterocycles. The Hall–Kier alpha value is -5.72. The van der Waals surface area contributed by atoms with Crippen molar-refractivity contribution in [3.8, 4) is 17.4 Å². The van der Waals surface area contributed by atoms with Crippen LogP contribution in [-0.2, 0) is 10.2 Å². The molecule has 6 rings (SSSR count). The van der Waals surface area contributed by atoms with E-state index in [1.165, 1.54) is 7.11 Å². The van der Waals surface area contributed by atoms with Crippen molar-refractivity contribution in [2.75, 3.05) is 62.5 Å². The van der Waals surface area contributed by atoms with Crippen LogP contribution in [0.1, 0.15) is 36.7 Å². The van der Waals surface area contributed by atoms with Crippen molar-refractivity contribution in [3.63, 3.8) is 0 Å². The van der Waals surface area contributed by atoms with Gasteiger partial charge in [0.25, 0.3) is 5.91 Å². The molecule has 4 aromatic carbocycles. The van der Waals surface area contributed by atoms with E-state index >= 15 is 0 Å². The lowest BCUT2D eigenvalue weighted by Gasteiger charge is -2.26. The minimum Gasteiger partial charge on any atom is -0.494 e. The van der Waals surface area contributed by atoms with E-state index in [0.717, 1.165) is 35.1 Å². The maximum absolute atomic E-state index is 13.6. The van der Waals surface area contributed by atoms with E-state index in [1.807, 2.05) is 66.7 Å². The molecule has 1 aromatic heterocycles. The Kier molecular flexibility index (Phi) is 10.9. The lowest BCUT2D eigenvalue weighted by Crippen LogP contribution is -2.41. The predicted molar refractivity (Wildman–Crippen MR) is 200 cm³/mol. The third-order valence-corrected chi connectivity index (χ3v) is 8.48. The van der Waals surface area contributed by atoms with Gasteiger partial charge in [-0.05, 0) is 47.4 Å². The van der Waals surface area contributed by atoms with E-state index in [9.17, 15) is 9.59 Å². The normalized spacial score (nSPS) is 13.3. The highest BCUT2D eigenvalue weighted by Crippen LogP contribution is 2.37. The summed E-state index contributed by atoms with van der Waals surface area (Å²) in [6.07, 6.45) is 1.62. The van der Waals surface area contributed by atoms with Crippen LogP contribution in [0.4, 0.5) is 27.8 Å². The fraction of sp³-hybridized carbons (Fsp3) is 0.282. The molecule has 12 nitrogen and oxygen atoms in total. The summed E-state index contributed by atoms with van der Waals surface area (Å²) in [5.41, 5.74) is 2.72. The number of hydrogen-bond donors (Lipinski definition) is 4. The van der Waals surface area contributed by atoms with Crippen molar-refractivity contribution in [2.45, 2.75) is 26.2 Å². The van der Waals surface area contributed by atoms with Gasteiger partial charge >= 0.3 is 6.03 Å². The Morgan fingerprint density at radius 2 is 1.61 bits per heavy atom. The van der Waals surface area contributed by atoms with Crippen LogP contribution < -0.4 is 30.7 Å². The van der Waals surface area contributed by atoms with Gasteiger partial charge in [-0.1, -0.05) is 63.2 Å². The van der Waals surface area contributed by atoms with Gasteiger partial charge in [-0.25, -0.2) is 9.78 Å². The summed E-state index contributed by atoms with van der Waals surface area (Å²) in [5.74, 6) is 1.32. The van der Waals surface area contributed by atoms with Gasteiger partial charge < -0.3 is 35.5 Å². The fourth-order valence-corrected chi connectivity index (χ4v) is 5.76. The summed E-state index contributed by atoms with van der Waals surface area (Å²) in [5, 5.41) is 13.6. The Morgan fingerprint density at radius 3 is 2.35 bits per heavy atom. The molecular weight excluding hydrogens is 646 g/mol.